The number of carbonyl (C=O) groups excluding carboxylic acids is 1. The number of rotatable bonds is 4. The zero-order chi connectivity index (χ0) is 14.5. The minimum absolute atomic E-state index is 0.0818. The zero-order valence-electron chi connectivity index (χ0n) is 12.2. The number of anilines is 2. The van der Waals surface area contributed by atoms with Crippen molar-refractivity contribution in [3.05, 3.63) is 23.8 Å². The van der Waals surface area contributed by atoms with Crippen molar-refractivity contribution in [2.24, 2.45) is 11.8 Å². The first-order valence-electron chi connectivity index (χ1n) is 7.52. The molecule has 1 aromatic carbocycles. The van der Waals surface area contributed by atoms with Gasteiger partial charge in [0.2, 0.25) is 0 Å². The molecule has 0 heterocycles. The van der Waals surface area contributed by atoms with Crippen LogP contribution in [0.2, 0.25) is 0 Å². The van der Waals surface area contributed by atoms with Crippen LogP contribution in [0.25, 0.3) is 0 Å². The van der Waals surface area contributed by atoms with Crippen molar-refractivity contribution < 1.29 is 4.79 Å². The maximum absolute atomic E-state index is 12.1. The second-order valence-electron chi connectivity index (χ2n) is 5.89. The highest BCUT2D eigenvalue weighted by Gasteiger charge is 2.20. The van der Waals surface area contributed by atoms with E-state index in [0.29, 0.717) is 22.9 Å². The Bertz CT molecular complexity index is 445. The Kier molecular flexibility index (Phi) is 4.88. The molecular weight excluding hydrogens is 250 g/mol. The molecule has 0 unspecified atom stereocenters. The summed E-state index contributed by atoms with van der Waals surface area (Å²) in [6, 6.07) is 4.99. The summed E-state index contributed by atoms with van der Waals surface area (Å²) in [6.45, 7) is 3.01. The summed E-state index contributed by atoms with van der Waals surface area (Å²) in [6.07, 6.45) is 6.31. The van der Waals surface area contributed by atoms with Crippen LogP contribution >= 0.6 is 0 Å². The molecule has 1 aromatic rings. The van der Waals surface area contributed by atoms with Gasteiger partial charge in [-0.05, 0) is 42.9 Å². The van der Waals surface area contributed by atoms with E-state index in [-0.39, 0.29) is 5.91 Å². The second-order valence-corrected chi connectivity index (χ2v) is 5.89. The fraction of sp³-hybridized carbons (Fsp3) is 0.562. The van der Waals surface area contributed by atoms with E-state index in [9.17, 15) is 4.79 Å². The van der Waals surface area contributed by atoms with Crippen LogP contribution in [0.4, 0.5) is 11.4 Å². The molecule has 1 aliphatic carbocycles. The van der Waals surface area contributed by atoms with Crippen molar-refractivity contribution in [3.63, 3.8) is 0 Å². The molecule has 1 fully saturated rings. The number of nitrogens with two attached hydrogens (primary N) is 2. The molecule has 0 spiro atoms. The van der Waals surface area contributed by atoms with Gasteiger partial charge in [-0.2, -0.15) is 0 Å². The van der Waals surface area contributed by atoms with E-state index in [1.165, 1.54) is 32.1 Å². The third-order valence-corrected chi connectivity index (χ3v) is 4.33. The molecule has 5 N–H and O–H groups in total. The Morgan fingerprint density at radius 3 is 2.20 bits per heavy atom. The highest BCUT2D eigenvalue weighted by atomic mass is 16.1. The molecule has 4 nitrogen and oxygen atoms in total. The van der Waals surface area contributed by atoms with Crippen molar-refractivity contribution >= 4 is 17.3 Å². The third kappa shape index (κ3) is 3.89. The Morgan fingerprint density at radius 2 is 1.65 bits per heavy atom. The van der Waals surface area contributed by atoms with E-state index in [0.717, 1.165) is 12.5 Å². The van der Waals surface area contributed by atoms with Gasteiger partial charge < -0.3 is 16.8 Å². The summed E-state index contributed by atoms with van der Waals surface area (Å²) in [5.74, 6) is 1.41. The summed E-state index contributed by atoms with van der Waals surface area (Å²) < 4.78 is 0. The molecule has 0 atom stereocenters. The number of hydrogen-bond acceptors (Lipinski definition) is 3. The topological polar surface area (TPSA) is 81.1 Å². The van der Waals surface area contributed by atoms with Gasteiger partial charge in [-0.3, -0.25) is 4.79 Å². The van der Waals surface area contributed by atoms with Crippen LogP contribution < -0.4 is 16.8 Å². The van der Waals surface area contributed by atoms with Gasteiger partial charge in [-0.1, -0.05) is 26.2 Å². The van der Waals surface area contributed by atoms with Crippen LogP contribution in [0.15, 0.2) is 18.2 Å². The standard InChI is InChI=1S/C16H25N3O/c1-2-11-3-5-12(6-4-11)10-19-16(20)13-7-14(17)9-15(18)8-13/h7-9,11-12H,2-6,10,17-18H2,1H3,(H,19,20). The number of carbonyl (C=O) groups is 1. The lowest BCUT2D eigenvalue weighted by Crippen LogP contribution is -2.31. The number of benzene rings is 1. The average molecular weight is 275 g/mol. The molecule has 2 rings (SSSR count). The summed E-state index contributed by atoms with van der Waals surface area (Å²) in [7, 11) is 0. The summed E-state index contributed by atoms with van der Waals surface area (Å²) in [5, 5.41) is 3.01. The fourth-order valence-electron chi connectivity index (χ4n) is 2.99. The third-order valence-electron chi connectivity index (χ3n) is 4.33. The number of nitrogens with one attached hydrogen (secondary N) is 1. The maximum atomic E-state index is 12.1. The van der Waals surface area contributed by atoms with Gasteiger partial charge in [0, 0.05) is 23.5 Å². The maximum Gasteiger partial charge on any atom is 0.251 e. The fourth-order valence-corrected chi connectivity index (χ4v) is 2.99. The van der Waals surface area contributed by atoms with Crippen LogP contribution in [0.1, 0.15) is 49.4 Å². The lowest BCUT2D eigenvalue weighted by atomic mass is 9.81. The first-order valence-corrected chi connectivity index (χ1v) is 7.52. The van der Waals surface area contributed by atoms with Crippen LogP contribution in [0.3, 0.4) is 0 Å². The highest BCUT2D eigenvalue weighted by molar-refractivity contribution is 5.96. The van der Waals surface area contributed by atoms with E-state index >= 15 is 0 Å². The first kappa shape index (κ1) is 14.7. The normalized spacial score (nSPS) is 22.4. The van der Waals surface area contributed by atoms with E-state index in [1.807, 2.05) is 0 Å². The van der Waals surface area contributed by atoms with E-state index in [1.54, 1.807) is 18.2 Å². The molecule has 4 heteroatoms. The Labute approximate surface area is 120 Å². The smallest absolute Gasteiger partial charge is 0.251 e. The van der Waals surface area contributed by atoms with Crippen LogP contribution in [0, 0.1) is 11.8 Å². The van der Waals surface area contributed by atoms with Gasteiger partial charge in [0.05, 0.1) is 0 Å². The van der Waals surface area contributed by atoms with Crippen LogP contribution in [0.5, 0.6) is 0 Å². The summed E-state index contributed by atoms with van der Waals surface area (Å²) in [4.78, 5) is 12.1. The van der Waals surface area contributed by atoms with Gasteiger partial charge in [0.15, 0.2) is 0 Å². The summed E-state index contributed by atoms with van der Waals surface area (Å²) >= 11 is 0. The Morgan fingerprint density at radius 1 is 1.10 bits per heavy atom. The predicted octanol–water partition coefficient (Wildman–Crippen LogP) is 2.80. The molecular formula is C16H25N3O. The molecule has 20 heavy (non-hydrogen) atoms. The molecule has 1 saturated carbocycles. The van der Waals surface area contributed by atoms with Crippen molar-refractivity contribution in [1.82, 2.24) is 5.32 Å². The molecule has 1 amide bonds. The van der Waals surface area contributed by atoms with Crippen molar-refractivity contribution in [1.29, 1.82) is 0 Å². The van der Waals surface area contributed by atoms with E-state index in [2.05, 4.69) is 12.2 Å². The molecule has 0 aromatic heterocycles. The van der Waals surface area contributed by atoms with Gasteiger partial charge in [0.1, 0.15) is 0 Å². The minimum Gasteiger partial charge on any atom is -0.399 e. The largest absolute Gasteiger partial charge is 0.399 e. The van der Waals surface area contributed by atoms with Crippen molar-refractivity contribution in [2.45, 2.75) is 39.0 Å². The summed E-state index contributed by atoms with van der Waals surface area (Å²) in [5.41, 5.74) is 13.0. The molecule has 1 aliphatic rings. The minimum atomic E-state index is -0.0818. The molecule has 110 valence electrons. The molecule has 0 radical (unpaired) electrons. The van der Waals surface area contributed by atoms with Gasteiger partial charge >= 0.3 is 0 Å². The Hall–Kier alpha value is -1.71. The van der Waals surface area contributed by atoms with Gasteiger partial charge in [0.25, 0.3) is 5.91 Å². The lowest BCUT2D eigenvalue weighted by molar-refractivity contribution is 0.0941. The van der Waals surface area contributed by atoms with E-state index < -0.39 is 0 Å². The Balaban J connectivity index is 1.83. The zero-order valence-corrected chi connectivity index (χ0v) is 12.2. The van der Waals surface area contributed by atoms with Crippen molar-refractivity contribution in [3.8, 4) is 0 Å². The highest BCUT2D eigenvalue weighted by Crippen LogP contribution is 2.30. The lowest BCUT2D eigenvalue weighted by Gasteiger charge is -2.27. The van der Waals surface area contributed by atoms with Gasteiger partial charge in [-0.15, -0.1) is 0 Å². The SMILES string of the molecule is CCC1CCC(CNC(=O)c2cc(N)cc(N)c2)CC1. The number of hydrogen-bond donors (Lipinski definition) is 3. The first-order chi connectivity index (χ1) is 9.58. The van der Waals surface area contributed by atoms with Crippen LogP contribution in [-0.2, 0) is 0 Å². The second kappa shape index (κ2) is 6.64. The molecule has 0 saturated heterocycles. The number of amides is 1. The number of nitrogen functional groups attached to an aromatic ring is 2. The van der Waals surface area contributed by atoms with Crippen LogP contribution in [-0.4, -0.2) is 12.5 Å². The van der Waals surface area contributed by atoms with Gasteiger partial charge in [-0.25, -0.2) is 0 Å². The monoisotopic (exact) mass is 275 g/mol. The molecule has 0 bridgehead atoms. The van der Waals surface area contributed by atoms with Crippen molar-refractivity contribution in [2.75, 3.05) is 18.0 Å². The predicted molar refractivity (Wildman–Crippen MR) is 83.3 cm³/mol. The quantitative estimate of drug-likeness (QED) is 0.739. The van der Waals surface area contributed by atoms with E-state index in [4.69, 9.17) is 11.5 Å². The molecule has 0 aliphatic heterocycles. The average Bonchev–Trinajstić information content (AvgIpc) is 2.44.